The summed E-state index contributed by atoms with van der Waals surface area (Å²) in [5.74, 6) is 0.825. The molecule has 2 unspecified atom stereocenters. The molecule has 18 heavy (non-hydrogen) atoms. The first kappa shape index (κ1) is 13.4. The highest BCUT2D eigenvalue weighted by molar-refractivity contribution is 5.29. The largest absolute Gasteiger partial charge is 0.494 e. The van der Waals surface area contributed by atoms with Gasteiger partial charge in [0, 0.05) is 6.61 Å². The van der Waals surface area contributed by atoms with E-state index < -0.39 is 6.10 Å². The smallest absolute Gasteiger partial charge is 0.119 e. The van der Waals surface area contributed by atoms with Crippen LogP contribution in [-0.4, -0.2) is 24.4 Å². The minimum Gasteiger partial charge on any atom is -0.494 e. The zero-order valence-electron chi connectivity index (χ0n) is 11.0. The predicted molar refractivity (Wildman–Crippen MR) is 70.8 cm³/mol. The Morgan fingerprint density at radius 3 is 3.11 bits per heavy atom. The summed E-state index contributed by atoms with van der Waals surface area (Å²) in [5.41, 5.74) is 0.930. The SMILES string of the molecule is CCOc1cccc(C(O)CCC2CCCO2)c1. The highest BCUT2D eigenvalue weighted by Crippen LogP contribution is 2.26. The van der Waals surface area contributed by atoms with E-state index in [9.17, 15) is 5.11 Å². The second kappa shape index (κ2) is 6.76. The first-order valence-corrected chi connectivity index (χ1v) is 6.82. The van der Waals surface area contributed by atoms with Gasteiger partial charge in [-0.1, -0.05) is 12.1 Å². The molecule has 0 spiro atoms. The minimum absolute atomic E-state index is 0.342. The van der Waals surface area contributed by atoms with Crippen molar-refractivity contribution in [2.45, 2.75) is 44.8 Å². The van der Waals surface area contributed by atoms with Crippen molar-refractivity contribution in [3.8, 4) is 5.75 Å². The summed E-state index contributed by atoms with van der Waals surface area (Å²) < 4.78 is 11.0. The van der Waals surface area contributed by atoms with E-state index in [0.717, 1.165) is 43.6 Å². The highest BCUT2D eigenvalue weighted by Gasteiger charge is 2.17. The lowest BCUT2D eigenvalue weighted by molar-refractivity contribution is 0.0812. The minimum atomic E-state index is -0.422. The Morgan fingerprint density at radius 2 is 2.39 bits per heavy atom. The Kier molecular flexibility index (Phi) is 5.02. The van der Waals surface area contributed by atoms with Crippen molar-refractivity contribution >= 4 is 0 Å². The van der Waals surface area contributed by atoms with Crippen LogP contribution in [0.5, 0.6) is 5.75 Å². The van der Waals surface area contributed by atoms with Crippen LogP contribution < -0.4 is 4.74 Å². The Hall–Kier alpha value is -1.06. The second-order valence-corrected chi connectivity index (χ2v) is 4.73. The summed E-state index contributed by atoms with van der Waals surface area (Å²) in [4.78, 5) is 0. The van der Waals surface area contributed by atoms with Gasteiger partial charge in [-0.15, -0.1) is 0 Å². The fraction of sp³-hybridized carbons (Fsp3) is 0.600. The molecular weight excluding hydrogens is 228 g/mol. The maximum absolute atomic E-state index is 10.2. The van der Waals surface area contributed by atoms with Gasteiger partial charge in [-0.25, -0.2) is 0 Å². The van der Waals surface area contributed by atoms with Crippen molar-refractivity contribution in [1.29, 1.82) is 0 Å². The topological polar surface area (TPSA) is 38.7 Å². The van der Waals surface area contributed by atoms with E-state index in [1.54, 1.807) is 0 Å². The van der Waals surface area contributed by atoms with Gasteiger partial charge in [0.05, 0.1) is 18.8 Å². The van der Waals surface area contributed by atoms with Gasteiger partial charge in [0.15, 0.2) is 0 Å². The predicted octanol–water partition coefficient (Wildman–Crippen LogP) is 3.08. The third-order valence-corrected chi connectivity index (χ3v) is 3.34. The highest BCUT2D eigenvalue weighted by atomic mass is 16.5. The van der Waals surface area contributed by atoms with Crippen LogP contribution in [0.25, 0.3) is 0 Å². The van der Waals surface area contributed by atoms with E-state index >= 15 is 0 Å². The van der Waals surface area contributed by atoms with E-state index in [1.807, 2.05) is 31.2 Å². The molecule has 1 aromatic carbocycles. The lowest BCUT2D eigenvalue weighted by Crippen LogP contribution is -2.08. The van der Waals surface area contributed by atoms with Crippen LogP contribution in [0.3, 0.4) is 0 Å². The van der Waals surface area contributed by atoms with Crippen molar-refractivity contribution in [1.82, 2.24) is 0 Å². The van der Waals surface area contributed by atoms with Crippen molar-refractivity contribution in [2.75, 3.05) is 13.2 Å². The van der Waals surface area contributed by atoms with Gasteiger partial charge in [0.2, 0.25) is 0 Å². The molecule has 0 aromatic heterocycles. The van der Waals surface area contributed by atoms with Gasteiger partial charge >= 0.3 is 0 Å². The van der Waals surface area contributed by atoms with Crippen molar-refractivity contribution in [3.05, 3.63) is 29.8 Å². The van der Waals surface area contributed by atoms with Crippen LogP contribution in [0.2, 0.25) is 0 Å². The third kappa shape index (κ3) is 3.72. The number of hydrogen-bond donors (Lipinski definition) is 1. The molecule has 0 amide bonds. The van der Waals surface area contributed by atoms with E-state index in [1.165, 1.54) is 0 Å². The molecular formula is C15H22O3. The van der Waals surface area contributed by atoms with Crippen molar-refractivity contribution in [3.63, 3.8) is 0 Å². The molecule has 1 N–H and O–H groups in total. The molecule has 1 saturated heterocycles. The molecule has 1 aromatic rings. The molecule has 0 aliphatic carbocycles. The van der Waals surface area contributed by atoms with Crippen LogP contribution >= 0.6 is 0 Å². The van der Waals surface area contributed by atoms with Crippen LogP contribution in [0.1, 0.15) is 44.3 Å². The third-order valence-electron chi connectivity index (χ3n) is 3.34. The fourth-order valence-corrected chi connectivity index (χ4v) is 2.36. The average Bonchev–Trinajstić information content (AvgIpc) is 2.90. The second-order valence-electron chi connectivity index (χ2n) is 4.73. The first-order valence-electron chi connectivity index (χ1n) is 6.82. The van der Waals surface area contributed by atoms with E-state index in [4.69, 9.17) is 9.47 Å². The van der Waals surface area contributed by atoms with Crippen LogP contribution in [0.4, 0.5) is 0 Å². The van der Waals surface area contributed by atoms with Gasteiger partial charge in [0.25, 0.3) is 0 Å². The fourth-order valence-electron chi connectivity index (χ4n) is 2.36. The van der Waals surface area contributed by atoms with E-state index in [-0.39, 0.29) is 0 Å². The molecule has 1 heterocycles. The number of hydrogen-bond acceptors (Lipinski definition) is 3. The Bertz CT molecular complexity index is 359. The molecule has 100 valence electrons. The first-order chi connectivity index (χ1) is 8.79. The maximum atomic E-state index is 10.2. The number of benzene rings is 1. The Labute approximate surface area is 109 Å². The van der Waals surface area contributed by atoms with Gasteiger partial charge in [0.1, 0.15) is 5.75 Å². The lowest BCUT2D eigenvalue weighted by Gasteiger charge is -2.15. The molecule has 1 fully saturated rings. The van der Waals surface area contributed by atoms with Crippen LogP contribution in [0, 0.1) is 0 Å². The molecule has 0 radical (unpaired) electrons. The van der Waals surface area contributed by atoms with Gasteiger partial charge < -0.3 is 14.6 Å². The number of aliphatic hydroxyl groups is 1. The Balaban J connectivity index is 1.86. The molecule has 1 aliphatic rings. The zero-order valence-corrected chi connectivity index (χ0v) is 11.0. The lowest BCUT2D eigenvalue weighted by atomic mass is 10.0. The van der Waals surface area contributed by atoms with Gasteiger partial charge in [-0.2, -0.15) is 0 Å². The van der Waals surface area contributed by atoms with Crippen LogP contribution in [0.15, 0.2) is 24.3 Å². The summed E-state index contributed by atoms with van der Waals surface area (Å²) in [5, 5.41) is 10.2. The van der Waals surface area contributed by atoms with Crippen molar-refractivity contribution in [2.24, 2.45) is 0 Å². The zero-order chi connectivity index (χ0) is 12.8. The Morgan fingerprint density at radius 1 is 1.50 bits per heavy atom. The molecule has 3 heteroatoms. The summed E-state index contributed by atoms with van der Waals surface area (Å²) in [6.07, 6.45) is 3.89. The summed E-state index contributed by atoms with van der Waals surface area (Å²) in [6.45, 7) is 3.48. The molecule has 1 aliphatic heterocycles. The quantitative estimate of drug-likeness (QED) is 0.843. The van der Waals surface area contributed by atoms with Gasteiger partial charge in [-0.3, -0.25) is 0 Å². The number of aliphatic hydroxyl groups excluding tert-OH is 1. The summed E-state index contributed by atoms with van der Waals surface area (Å²) in [6, 6.07) is 7.71. The number of rotatable bonds is 6. The monoisotopic (exact) mass is 250 g/mol. The number of ether oxygens (including phenoxy) is 2. The molecule has 0 saturated carbocycles. The van der Waals surface area contributed by atoms with E-state index in [2.05, 4.69) is 0 Å². The normalized spacial score (nSPS) is 20.9. The molecule has 2 rings (SSSR count). The molecule has 2 atom stereocenters. The van der Waals surface area contributed by atoms with Crippen molar-refractivity contribution < 1.29 is 14.6 Å². The molecule has 3 nitrogen and oxygen atoms in total. The maximum Gasteiger partial charge on any atom is 0.119 e. The van der Waals surface area contributed by atoms with Crippen LogP contribution in [-0.2, 0) is 4.74 Å². The van der Waals surface area contributed by atoms with E-state index in [0.29, 0.717) is 12.7 Å². The summed E-state index contributed by atoms with van der Waals surface area (Å²) in [7, 11) is 0. The standard InChI is InChI=1S/C15H22O3/c1-2-17-14-6-3-5-12(11-14)15(16)9-8-13-7-4-10-18-13/h3,5-6,11,13,15-16H,2,4,7-10H2,1H3. The van der Waals surface area contributed by atoms with Gasteiger partial charge in [-0.05, 0) is 50.3 Å². The molecule has 0 bridgehead atoms. The summed E-state index contributed by atoms with van der Waals surface area (Å²) >= 11 is 0. The average molecular weight is 250 g/mol.